The summed E-state index contributed by atoms with van der Waals surface area (Å²) < 4.78 is 13.5. The van der Waals surface area contributed by atoms with E-state index in [0.29, 0.717) is 5.89 Å². The predicted molar refractivity (Wildman–Crippen MR) is 105 cm³/mol. The van der Waals surface area contributed by atoms with Crippen LogP contribution in [-0.4, -0.2) is 37.6 Å². The fourth-order valence-electron chi connectivity index (χ4n) is 2.98. The summed E-state index contributed by atoms with van der Waals surface area (Å²) in [6.07, 6.45) is 2.40. The molecule has 9 heteroatoms. The van der Waals surface area contributed by atoms with Crippen LogP contribution >= 0.6 is 23.1 Å². The summed E-state index contributed by atoms with van der Waals surface area (Å²) in [5.41, 5.74) is 0. The van der Waals surface area contributed by atoms with Crippen LogP contribution in [0.4, 0.5) is 0 Å². The molecule has 1 saturated heterocycles. The lowest BCUT2D eigenvalue weighted by Crippen LogP contribution is -2.16. The number of nitrogens with zero attached hydrogens (tertiary/aromatic N) is 5. The van der Waals surface area contributed by atoms with Crippen molar-refractivity contribution in [2.24, 2.45) is 0 Å². The quantitative estimate of drug-likeness (QED) is 0.534. The molecule has 2 atom stereocenters. The summed E-state index contributed by atoms with van der Waals surface area (Å²) in [5.74, 6) is 2.49. The maximum absolute atomic E-state index is 5.85. The SMILES string of the molecule is CC(C)c1noc([C@H](C)Sc2nnc(-c3cccs3)n2C[C@@H]2CCCO2)n1. The van der Waals surface area contributed by atoms with Crippen LogP contribution < -0.4 is 0 Å². The van der Waals surface area contributed by atoms with E-state index in [0.717, 1.165) is 47.7 Å². The van der Waals surface area contributed by atoms with Gasteiger partial charge in [0.2, 0.25) is 5.89 Å². The zero-order chi connectivity index (χ0) is 18.8. The number of thiophene rings is 1. The van der Waals surface area contributed by atoms with Gasteiger partial charge in [0.05, 0.1) is 22.8 Å². The number of thioether (sulfide) groups is 1. The van der Waals surface area contributed by atoms with Gasteiger partial charge in [0.15, 0.2) is 16.8 Å². The second-order valence-corrected chi connectivity index (χ2v) is 9.19. The monoisotopic (exact) mass is 405 g/mol. The molecule has 1 fully saturated rings. The minimum atomic E-state index is -0.00590. The first kappa shape index (κ1) is 18.6. The van der Waals surface area contributed by atoms with E-state index in [1.165, 1.54) is 0 Å². The number of hydrogen-bond acceptors (Lipinski definition) is 8. The lowest BCUT2D eigenvalue weighted by atomic mass is 10.2. The van der Waals surface area contributed by atoms with Crippen molar-refractivity contribution >= 4 is 23.1 Å². The normalized spacial score (nSPS) is 18.4. The number of hydrogen-bond donors (Lipinski definition) is 0. The van der Waals surface area contributed by atoms with Crippen LogP contribution in [0, 0.1) is 0 Å². The van der Waals surface area contributed by atoms with E-state index in [1.54, 1.807) is 23.1 Å². The van der Waals surface area contributed by atoms with Crippen molar-refractivity contribution in [1.29, 1.82) is 0 Å². The zero-order valence-electron chi connectivity index (χ0n) is 15.7. The Hall–Kier alpha value is -1.71. The lowest BCUT2D eigenvalue weighted by Gasteiger charge is -2.15. The fraction of sp³-hybridized carbons (Fsp3) is 0.556. The van der Waals surface area contributed by atoms with Crippen molar-refractivity contribution in [3.05, 3.63) is 29.2 Å². The van der Waals surface area contributed by atoms with Crippen LogP contribution in [-0.2, 0) is 11.3 Å². The van der Waals surface area contributed by atoms with Crippen molar-refractivity contribution in [3.8, 4) is 10.7 Å². The molecule has 144 valence electrons. The second kappa shape index (κ2) is 8.12. The lowest BCUT2D eigenvalue weighted by molar-refractivity contribution is 0.0953. The zero-order valence-corrected chi connectivity index (χ0v) is 17.3. The molecule has 7 nitrogen and oxygen atoms in total. The molecule has 0 aromatic carbocycles. The van der Waals surface area contributed by atoms with E-state index in [4.69, 9.17) is 9.26 Å². The Morgan fingerprint density at radius 1 is 1.33 bits per heavy atom. The van der Waals surface area contributed by atoms with E-state index in [2.05, 4.69) is 57.1 Å². The van der Waals surface area contributed by atoms with E-state index in [1.807, 2.05) is 6.07 Å². The first-order chi connectivity index (χ1) is 13.1. The minimum absolute atomic E-state index is 0.00590. The van der Waals surface area contributed by atoms with Crippen LogP contribution in [0.5, 0.6) is 0 Å². The highest BCUT2D eigenvalue weighted by molar-refractivity contribution is 7.99. The highest BCUT2D eigenvalue weighted by Crippen LogP contribution is 2.36. The van der Waals surface area contributed by atoms with Gasteiger partial charge >= 0.3 is 0 Å². The molecule has 3 aromatic rings. The van der Waals surface area contributed by atoms with Gasteiger partial charge in [0.1, 0.15) is 0 Å². The van der Waals surface area contributed by atoms with E-state index in [-0.39, 0.29) is 17.3 Å². The van der Waals surface area contributed by atoms with Crippen molar-refractivity contribution in [2.75, 3.05) is 6.61 Å². The van der Waals surface area contributed by atoms with Crippen molar-refractivity contribution in [3.63, 3.8) is 0 Å². The molecule has 1 aliphatic rings. The Kier molecular flexibility index (Phi) is 5.60. The van der Waals surface area contributed by atoms with E-state index < -0.39 is 0 Å². The number of ether oxygens (including phenoxy) is 1. The Labute approximate surface area is 166 Å². The average Bonchev–Trinajstić information content (AvgIpc) is 3.44. The smallest absolute Gasteiger partial charge is 0.239 e. The van der Waals surface area contributed by atoms with Gasteiger partial charge < -0.3 is 9.26 Å². The fourth-order valence-corrected chi connectivity index (χ4v) is 4.58. The third kappa shape index (κ3) is 4.09. The van der Waals surface area contributed by atoms with Crippen LogP contribution in [0.3, 0.4) is 0 Å². The molecule has 0 bridgehead atoms. The molecule has 0 aliphatic carbocycles. The van der Waals surface area contributed by atoms with Gasteiger partial charge in [-0.15, -0.1) is 21.5 Å². The summed E-state index contributed by atoms with van der Waals surface area (Å²) in [4.78, 5) is 5.63. The topological polar surface area (TPSA) is 78.9 Å². The molecular formula is C18H23N5O2S2. The van der Waals surface area contributed by atoms with Crippen molar-refractivity contribution in [2.45, 2.75) is 62.6 Å². The van der Waals surface area contributed by atoms with Gasteiger partial charge in [-0.25, -0.2) is 0 Å². The van der Waals surface area contributed by atoms with Crippen LogP contribution in [0.15, 0.2) is 27.2 Å². The maximum Gasteiger partial charge on any atom is 0.239 e. The van der Waals surface area contributed by atoms with Gasteiger partial charge in [-0.1, -0.05) is 36.8 Å². The molecule has 27 heavy (non-hydrogen) atoms. The molecule has 0 N–H and O–H groups in total. The third-order valence-electron chi connectivity index (χ3n) is 4.47. The molecule has 3 aromatic heterocycles. The van der Waals surface area contributed by atoms with E-state index in [9.17, 15) is 0 Å². The summed E-state index contributed by atoms with van der Waals surface area (Å²) in [5, 5.41) is 15.9. The van der Waals surface area contributed by atoms with E-state index >= 15 is 0 Å². The van der Waals surface area contributed by atoms with Crippen LogP contribution in [0.2, 0.25) is 0 Å². The van der Waals surface area contributed by atoms with Gasteiger partial charge in [-0.2, -0.15) is 4.98 Å². The summed E-state index contributed by atoms with van der Waals surface area (Å²) in [7, 11) is 0. The standard InChI is InChI=1S/C18H23N5O2S2/c1-11(2)15-19-17(25-22-15)12(3)27-18-21-20-16(14-7-5-9-26-14)23(18)10-13-6-4-8-24-13/h5,7,9,11-13H,4,6,8,10H2,1-3H3/t12-,13-/m0/s1. The largest absolute Gasteiger partial charge is 0.376 e. The Morgan fingerprint density at radius 3 is 2.89 bits per heavy atom. The van der Waals surface area contributed by atoms with Gasteiger partial charge in [-0.3, -0.25) is 4.57 Å². The molecule has 0 amide bonds. The molecule has 1 aliphatic heterocycles. The number of aromatic nitrogens is 5. The summed E-state index contributed by atoms with van der Waals surface area (Å²) >= 11 is 3.26. The minimum Gasteiger partial charge on any atom is -0.376 e. The molecular weight excluding hydrogens is 382 g/mol. The van der Waals surface area contributed by atoms with Gasteiger partial charge in [-0.05, 0) is 31.2 Å². The molecule has 0 spiro atoms. The first-order valence-electron chi connectivity index (χ1n) is 9.20. The van der Waals surface area contributed by atoms with Gasteiger partial charge in [0, 0.05) is 12.5 Å². The number of rotatable bonds is 7. The first-order valence-corrected chi connectivity index (χ1v) is 11.0. The molecule has 0 unspecified atom stereocenters. The van der Waals surface area contributed by atoms with Crippen molar-refractivity contribution < 1.29 is 9.26 Å². The Balaban J connectivity index is 1.59. The summed E-state index contributed by atoms with van der Waals surface area (Å²) in [6.45, 7) is 7.75. The predicted octanol–water partition coefficient (Wildman–Crippen LogP) is 4.55. The molecule has 4 heterocycles. The second-order valence-electron chi connectivity index (χ2n) is 6.93. The van der Waals surface area contributed by atoms with Crippen LogP contribution in [0.25, 0.3) is 10.7 Å². The Bertz CT molecular complexity index is 868. The molecule has 4 rings (SSSR count). The third-order valence-corrected chi connectivity index (χ3v) is 6.41. The average molecular weight is 406 g/mol. The maximum atomic E-state index is 5.85. The highest BCUT2D eigenvalue weighted by atomic mass is 32.2. The van der Waals surface area contributed by atoms with Crippen molar-refractivity contribution in [1.82, 2.24) is 24.9 Å². The summed E-state index contributed by atoms with van der Waals surface area (Å²) in [6, 6.07) is 4.11. The van der Waals surface area contributed by atoms with Crippen LogP contribution in [0.1, 0.15) is 56.5 Å². The van der Waals surface area contributed by atoms with Gasteiger partial charge in [0.25, 0.3) is 0 Å². The molecule has 0 radical (unpaired) electrons. The molecule has 0 saturated carbocycles. The highest BCUT2D eigenvalue weighted by Gasteiger charge is 2.25. The Morgan fingerprint density at radius 2 is 2.22 bits per heavy atom.